The Morgan fingerprint density at radius 3 is 2.35 bits per heavy atom. The summed E-state index contributed by atoms with van der Waals surface area (Å²) in [5.41, 5.74) is 0. The zero-order chi connectivity index (χ0) is 18.6. The second kappa shape index (κ2) is 8.71. The fraction of sp³-hybridized carbons (Fsp3) is 0.333. The second-order valence-corrected chi connectivity index (χ2v) is 9.12. The summed E-state index contributed by atoms with van der Waals surface area (Å²) < 4.78 is 33.4. The minimum Gasteiger partial charge on any atom is -0.491 e. The van der Waals surface area contributed by atoms with Crippen LogP contribution in [0.25, 0.3) is 0 Å². The Labute approximate surface area is 167 Å². The van der Waals surface area contributed by atoms with Crippen LogP contribution in [-0.4, -0.2) is 57.0 Å². The molecule has 1 heterocycles. The average molecular weight is 460 g/mol. The highest BCUT2D eigenvalue weighted by Gasteiger charge is 2.29. The molecule has 140 valence electrons. The van der Waals surface area contributed by atoms with Gasteiger partial charge in [-0.25, -0.2) is 8.42 Å². The first kappa shape index (κ1) is 19.6. The Kier molecular flexibility index (Phi) is 6.58. The van der Waals surface area contributed by atoms with Crippen LogP contribution < -0.4 is 4.74 Å². The van der Waals surface area contributed by atoms with E-state index in [4.69, 9.17) is 16.3 Å². The normalized spacial score (nSPS) is 16.5. The summed E-state index contributed by atoms with van der Waals surface area (Å²) in [6, 6.07) is 14.3. The zero-order valence-electron chi connectivity index (χ0n) is 14.1. The molecule has 0 unspecified atom stereocenters. The number of sulfonamides is 1. The third-order valence-corrected chi connectivity index (χ3v) is 7.51. The van der Waals surface area contributed by atoms with Crippen molar-refractivity contribution in [3.63, 3.8) is 0 Å². The smallest absolute Gasteiger partial charge is 0.244 e. The topological polar surface area (TPSA) is 49.9 Å². The molecule has 0 radical (unpaired) electrons. The van der Waals surface area contributed by atoms with Crippen LogP contribution >= 0.6 is 27.5 Å². The van der Waals surface area contributed by atoms with Crippen LogP contribution in [0.2, 0.25) is 5.02 Å². The van der Waals surface area contributed by atoms with Crippen LogP contribution in [0.5, 0.6) is 5.75 Å². The highest BCUT2D eigenvalue weighted by molar-refractivity contribution is 9.10. The fourth-order valence-electron chi connectivity index (χ4n) is 2.83. The van der Waals surface area contributed by atoms with Crippen molar-refractivity contribution < 1.29 is 13.2 Å². The van der Waals surface area contributed by atoms with E-state index in [1.807, 2.05) is 18.2 Å². The highest BCUT2D eigenvalue weighted by atomic mass is 79.9. The molecule has 0 aliphatic carbocycles. The van der Waals surface area contributed by atoms with E-state index in [0.717, 1.165) is 6.54 Å². The van der Waals surface area contributed by atoms with Gasteiger partial charge in [-0.2, -0.15) is 4.31 Å². The lowest BCUT2D eigenvalue weighted by Gasteiger charge is -2.34. The molecule has 0 N–H and O–H groups in total. The third kappa shape index (κ3) is 4.58. The largest absolute Gasteiger partial charge is 0.491 e. The van der Waals surface area contributed by atoms with Gasteiger partial charge in [-0.1, -0.05) is 35.9 Å². The van der Waals surface area contributed by atoms with Crippen molar-refractivity contribution in [3.8, 4) is 5.75 Å². The molecule has 0 atom stereocenters. The van der Waals surface area contributed by atoms with Gasteiger partial charge in [0, 0.05) is 37.2 Å². The summed E-state index contributed by atoms with van der Waals surface area (Å²) in [7, 11) is -3.47. The molecule has 0 aromatic heterocycles. The van der Waals surface area contributed by atoms with E-state index in [-0.39, 0.29) is 0 Å². The van der Waals surface area contributed by atoms with Crippen molar-refractivity contribution in [1.82, 2.24) is 9.21 Å². The Morgan fingerprint density at radius 2 is 1.65 bits per heavy atom. The number of ether oxygens (including phenoxy) is 1. The van der Waals surface area contributed by atoms with Gasteiger partial charge in [-0.15, -0.1) is 0 Å². The third-order valence-electron chi connectivity index (χ3n) is 4.29. The minimum absolute atomic E-state index is 0.315. The molecular formula is C18H20BrClN2O3S. The van der Waals surface area contributed by atoms with Crippen LogP contribution in [0.4, 0.5) is 0 Å². The van der Waals surface area contributed by atoms with Gasteiger partial charge in [-0.3, -0.25) is 4.90 Å². The molecule has 0 amide bonds. The van der Waals surface area contributed by atoms with Gasteiger partial charge in [0.15, 0.2) is 0 Å². The Hall–Kier alpha value is -1.12. The van der Waals surface area contributed by atoms with E-state index in [0.29, 0.717) is 52.9 Å². The van der Waals surface area contributed by atoms with Crippen molar-refractivity contribution >= 4 is 37.6 Å². The van der Waals surface area contributed by atoms with Gasteiger partial charge in [0.1, 0.15) is 12.4 Å². The Balaban J connectivity index is 1.51. The number of para-hydroxylation sites is 1. The molecule has 2 aromatic rings. The number of nitrogens with zero attached hydrogens (tertiary/aromatic N) is 2. The van der Waals surface area contributed by atoms with Crippen molar-refractivity contribution in [2.24, 2.45) is 0 Å². The molecule has 1 aliphatic rings. The van der Waals surface area contributed by atoms with E-state index < -0.39 is 10.0 Å². The lowest BCUT2D eigenvalue weighted by atomic mass is 10.3. The van der Waals surface area contributed by atoms with Gasteiger partial charge in [0.05, 0.1) is 9.92 Å². The molecular weight excluding hydrogens is 440 g/mol. The van der Waals surface area contributed by atoms with Crippen molar-refractivity contribution in [1.29, 1.82) is 0 Å². The Bertz CT molecular complexity index is 855. The second-order valence-electron chi connectivity index (χ2n) is 5.96. The van der Waals surface area contributed by atoms with Crippen molar-refractivity contribution in [3.05, 3.63) is 58.0 Å². The molecule has 1 aliphatic heterocycles. The van der Waals surface area contributed by atoms with Crippen molar-refractivity contribution in [2.45, 2.75) is 4.90 Å². The van der Waals surface area contributed by atoms with Gasteiger partial charge in [0.25, 0.3) is 0 Å². The summed E-state index contributed by atoms with van der Waals surface area (Å²) in [4.78, 5) is 2.51. The van der Waals surface area contributed by atoms with Gasteiger partial charge < -0.3 is 4.74 Å². The van der Waals surface area contributed by atoms with Crippen LogP contribution in [0.3, 0.4) is 0 Å². The maximum Gasteiger partial charge on any atom is 0.244 e. The van der Waals surface area contributed by atoms with Crippen LogP contribution in [-0.2, 0) is 10.0 Å². The number of piperazine rings is 1. The predicted molar refractivity (Wildman–Crippen MR) is 106 cm³/mol. The number of hydrogen-bond acceptors (Lipinski definition) is 4. The maximum atomic E-state index is 12.8. The fourth-order valence-corrected chi connectivity index (χ4v) is 5.41. The molecule has 8 heteroatoms. The summed E-state index contributed by atoms with van der Waals surface area (Å²) in [5.74, 6) is 0.671. The van der Waals surface area contributed by atoms with Crippen LogP contribution in [0, 0.1) is 0 Å². The van der Waals surface area contributed by atoms with Crippen molar-refractivity contribution in [2.75, 3.05) is 39.3 Å². The Morgan fingerprint density at radius 1 is 1.00 bits per heavy atom. The molecule has 1 fully saturated rings. The molecule has 0 saturated carbocycles. The van der Waals surface area contributed by atoms with Crippen LogP contribution in [0.15, 0.2) is 57.9 Å². The van der Waals surface area contributed by atoms with Crippen LogP contribution in [0.1, 0.15) is 0 Å². The molecule has 0 spiro atoms. The monoisotopic (exact) mass is 458 g/mol. The number of hydrogen-bond donors (Lipinski definition) is 0. The van der Waals surface area contributed by atoms with Gasteiger partial charge >= 0.3 is 0 Å². The molecule has 1 saturated heterocycles. The summed E-state index contributed by atoms with van der Waals surface area (Å²) in [5, 5.41) is 0.594. The number of rotatable bonds is 6. The van der Waals surface area contributed by atoms with Gasteiger partial charge in [-0.05, 0) is 40.2 Å². The minimum atomic E-state index is -3.47. The first-order valence-corrected chi connectivity index (χ1v) is 10.9. The predicted octanol–water partition coefficient (Wildman–Crippen LogP) is 3.49. The number of benzene rings is 2. The number of halogens is 2. The maximum absolute atomic E-state index is 12.8. The van der Waals surface area contributed by atoms with E-state index in [2.05, 4.69) is 20.8 Å². The lowest BCUT2D eigenvalue weighted by Crippen LogP contribution is -2.49. The molecule has 26 heavy (non-hydrogen) atoms. The molecule has 5 nitrogen and oxygen atoms in total. The SMILES string of the molecule is O=S(=O)(c1ccccc1Br)N1CCN(CCOc2ccccc2Cl)CC1. The first-order chi connectivity index (χ1) is 12.5. The quantitative estimate of drug-likeness (QED) is 0.663. The van der Waals surface area contributed by atoms with E-state index >= 15 is 0 Å². The lowest BCUT2D eigenvalue weighted by molar-refractivity contribution is 0.159. The summed E-state index contributed by atoms with van der Waals surface area (Å²) in [6.45, 7) is 3.53. The molecule has 3 rings (SSSR count). The molecule has 0 bridgehead atoms. The average Bonchev–Trinajstić information content (AvgIpc) is 2.64. The van der Waals surface area contributed by atoms with E-state index in [9.17, 15) is 8.42 Å². The standard InChI is InChI=1S/C18H20BrClN2O3S/c19-15-5-1-4-8-18(15)26(23,24)22-11-9-21(10-12-22)13-14-25-17-7-3-2-6-16(17)20/h1-8H,9-14H2. The zero-order valence-corrected chi connectivity index (χ0v) is 17.3. The van der Waals surface area contributed by atoms with E-state index in [1.165, 1.54) is 0 Å². The summed E-state index contributed by atoms with van der Waals surface area (Å²) in [6.07, 6.45) is 0. The van der Waals surface area contributed by atoms with Gasteiger partial charge in [0.2, 0.25) is 10.0 Å². The first-order valence-electron chi connectivity index (χ1n) is 8.33. The molecule has 2 aromatic carbocycles. The van der Waals surface area contributed by atoms with E-state index in [1.54, 1.807) is 34.6 Å². The highest BCUT2D eigenvalue weighted by Crippen LogP contribution is 2.26. The summed E-state index contributed by atoms with van der Waals surface area (Å²) >= 11 is 9.40.